The summed E-state index contributed by atoms with van der Waals surface area (Å²) in [5, 5.41) is 0. The molecule has 1 aromatic rings. The molecule has 0 spiro atoms. The third kappa shape index (κ3) is 6.20. The molecule has 6 heteroatoms. The Morgan fingerprint density at radius 3 is 2.09 bits per heavy atom. The maximum absolute atomic E-state index is 5.92. The number of imidazole rings is 1. The number of nitrogens with zero attached hydrogens (tertiary/aromatic N) is 2. The molecule has 0 fully saturated rings. The first kappa shape index (κ1) is 19.4. The summed E-state index contributed by atoms with van der Waals surface area (Å²) in [5.74, 6) is 0. The molecule has 0 N–H and O–H groups in total. The summed E-state index contributed by atoms with van der Waals surface area (Å²) < 4.78 is 20.0. The second-order valence-electron chi connectivity index (χ2n) is 5.33. The smallest absolute Gasteiger partial charge is 0.374 e. The van der Waals surface area contributed by atoms with Gasteiger partial charge in [-0.2, -0.15) is 0 Å². The summed E-state index contributed by atoms with van der Waals surface area (Å²) in [5.41, 5.74) is 0. The SMILES string of the molecule is CCCC(CCC[Si](OCC)(OCC)OCC)n1ccnc1. The molecule has 0 aromatic carbocycles. The van der Waals surface area contributed by atoms with Crippen LogP contribution in [0.5, 0.6) is 0 Å². The van der Waals surface area contributed by atoms with Crippen LogP contribution in [0.25, 0.3) is 0 Å². The molecule has 1 heterocycles. The van der Waals surface area contributed by atoms with E-state index in [4.69, 9.17) is 13.3 Å². The molecule has 0 saturated heterocycles. The Bertz CT molecular complexity index is 356. The Morgan fingerprint density at radius 2 is 1.64 bits per heavy atom. The Kier molecular flexibility index (Phi) is 9.62. The Labute approximate surface area is 136 Å². The highest BCUT2D eigenvalue weighted by atomic mass is 28.4. The van der Waals surface area contributed by atoms with E-state index in [-0.39, 0.29) is 0 Å². The van der Waals surface area contributed by atoms with Gasteiger partial charge in [0.1, 0.15) is 0 Å². The molecule has 0 aliphatic heterocycles. The first-order chi connectivity index (χ1) is 10.7. The molecule has 0 bridgehead atoms. The predicted octanol–water partition coefficient (Wildman–Crippen LogP) is 4.05. The van der Waals surface area contributed by atoms with E-state index in [1.165, 1.54) is 12.8 Å². The van der Waals surface area contributed by atoms with E-state index in [9.17, 15) is 0 Å². The van der Waals surface area contributed by atoms with Crippen molar-refractivity contribution < 1.29 is 13.3 Å². The van der Waals surface area contributed by atoms with Gasteiger partial charge in [0.05, 0.1) is 6.33 Å². The van der Waals surface area contributed by atoms with Gasteiger partial charge in [0.2, 0.25) is 0 Å². The van der Waals surface area contributed by atoms with Gasteiger partial charge in [0.15, 0.2) is 0 Å². The summed E-state index contributed by atoms with van der Waals surface area (Å²) >= 11 is 0. The van der Waals surface area contributed by atoms with Crippen LogP contribution in [0.15, 0.2) is 18.7 Å². The largest absolute Gasteiger partial charge is 0.500 e. The van der Waals surface area contributed by atoms with Crippen molar-refractivity contribution in [2.45, 2.75) is 65.5 Å². The molecule has 0 radical (unpaired) electrons. The summed E-state index contributed by atoms with van der Waals surface area (Å²) in [6.45, 7) is 10.2. The first-order valence-corrected chi connectivity index (χ1v) is 10.5. The number of hydrogen-bond acceptors (Lipinski definition) is 4. The van der Waals surface area contributed by atoms with E-state index in [0.717, 1.165) is 18.9 Å². The minimum Gasteiger partial charge on any atom is -0.374 e. The normalized spacial score (nSPS) is 13.5. The molecule has 22 heavy (non-hydrogen) atoms. The van der Waals surface area contributed by atoms with E-state index in [0.29, 0.717) is 25.9 Å². The molecule has 0 amide bonds. The van der Waals surface area contributed by atoms with Gasteiger partial charge >= 0.3 is 8.80 Å². The van der Waals surface area contributed by atoms with Gasteiger partial charge in [-0.1, -0.05) is 13.3 Å². The second kappa shape index (κ2) is 10.9. The van der Waals surface area contributed by atoms with Crippen LogP contribution in [-0.2, 0) is 13.3 Å². The van der Waals surface area contributed by atoms with Crippen molar-refractivity contribution in [3.8, 4) is 0 Å². The molecule has 0 aliphatic carbocycles. The van der Waals surface area contributed by atoms with E-state index in [1.807, 2.05) is 33.3 Å². The molecular weight excluding hydrogens is 296 g/mol. The molecule has 1 unspecified atom stereocenters. The Balaban J connectivity index is 2.58. The Morgan fingerprint density at radius 1 is 1.00 bits per heavy atom. The van der Waals surface area contributed by atoms with Gasteiger partial charge in [0.25, 0.3) is 0 Å². The van der Waals surface area contributed by atoms with Crippen molar-refractivity contribution in [2.24, 2.45) is 0 Å². The van der Waals surface area contributed by atoms with Crippen LogP contribution >= 0.6 is 0 Å². The maximum atomic E-state index is 5.92. The average Bonchev–Trinajstić information content (AvgIpc) is 3.01. The monoisotopic (exact) mass is 328 g/mol. The van der Waals surface area contributed by atoms with Crippen molar-refractivity contribution in [1.29, 1.82) is 0 Å². The van der Waals surface area contributed by atoms with Gasteiger partial charge in [-0.3, -0.25) is 0 Å². The lowest BCUT2D eigenvalue weighted by Crippen LogP contribution is -2.46. The van der Waals surface area contributed by atoms with Crippen LogP contribution < -0.4 is 0 Å². The van der Waals surface area contributed by atoms with Gasteiger partial charge in [-0.05, 0) is 40.0 Å². The number of aromatic nitrogens is 2. The summed E-state index contributed by atoms with van der Waals surface area (Å²) in [6, 6.07) is 1.39. The standard InChI is InChI=1S/C16H32N2O3Si/c1-5-10-16(18-13-12-17-15-18)11-9-14-22(19-6-2,20-7-3)21-8-4/h12-13,15-16H,5-11,14H2,1-4H3. The summed E-state index contributed by atoms with van der Waals surface area (Å²) in [6.07, 6.45) is 10.3. The van der Waals surface area contributed by atoms with Crippen LogP contribution in [0.1, 0.15) is 59.4 Å². The highest BCUT2D eigenvalue weighted by molar-refractivity contribution is 6.60. The van der Waals surface area contributed by atoms with Crippen molar-refractivity contribution in [1.82, 2.24) is 9.55 Å². The number of hydrogen-bond donors (Lipinski definition) is 0. The average molecular weight is 329 g/mol. The molecule has 5 nitrogen and oxygen atoms in total. The minimum absolute atomic E-state index is 0.504. The Hall–Kier alpha value is -0.693. The van der Waals surface area contributed by atoms with Crippen LogP contribution in [0.3, 0.4) is 0 Å². The quantitative estimate of drug-likeness (QED) is 0.512. The van der Waals surface area contributed by atoms with Crippen LogP contribution in [0, 0.1) is 0 Å². The maximum Gasteiger partial charge on any atom is 0.500 e. The van der Waals surface area contributed by atoms with Gasteiger partial charge in [-0.25, -0.2) is 4.98 Å². The molecule has 0 aliphatic rings. The van der Waals surface area contributed by atoms with Crippen LogP contribution in [-0.4, -0.2) is 38.2 Å². The molecular formula is C16H32N2O3Si. The van der Waals surface area contributed by atoms with E-state index < -0.39 is 8.80 Å². The first-order valence-electron chi connectivity index (χ1n) is 8.60. The van der Waals surface area contributed by atoms with E-state index in [1.54, 1.807) is 0 Å². The van der Waals surface area contributed by atoms with Crippen molar-refractivity contribution in [3.63, 3.8) is 0 Å². The zero-order valence-corrected chi connectivity index (χ0v) is 15.6. The van der Waals surface area contributed by atoms with Crippen LogP contribution in [0.4, 0.5) is 0 Å². The van der Waals surface area contributed by atoms with E-state index in [2.05, 4.69) is 22.7 Å². The van der Waals surface area contributed by atoms with Crippen molar-refractivity contribution >= 4 is 8.80 Å². The second-order valence-corrected chi connectivity index (χ2v) is 8.06. The van der Waals surface area contributed by atoms with Crippen molar-refractivity contribution in [3.05, 3.63) is 18.7 Å². The lowest BCUT2D eigenvalue weighted by Gasteiger charge is -2.29. The lowest BCUT2D eigenvalue weighted by atomic mass is 10.1. The lowest BCUT2D eigenvalue weighted by molar-refractivity contribution is 0.0703. The molecule has 1 aromatic heterocycles. The van der Waals surface area contributed by atoms with Crippen molar-refractivity contribution in [2.75, 3.05) is 19.8 Å². The summed E-state index contributed by atoms with van der Waals surface area (Å²) in [4.78, 5) is 4.17. The molecule has 0 saturated carbocycles. The highest BCUT2D eigenvalue weighted by Gasteiger charge is 2.39. The highest BCUT2D eigenvalue weighted by Crippen LogP contribution is 2.25. The molecule has 1 atom stereocenters. The zero-order valence-electron chi connectivity index (χ0n) is 14.6. The fourth-order valence-electron chi connectivity index (χ4n) is 2.82. The van der Waals surface area contributed by atoms with E-state index >= 15 is 0 Å². The topological polar surface area (TPSA) is 45.5 Å². The fourth-order valence-corrected chi connectivity index (χ4v) is 5.46. The fraction of sp³-hybridized carbons (Fsp3) is 0.812. The van der Waals surface area contributed by atoms with Crippen LogP contribution in [0.2, 0.25) is 6.04 Å². The third-order valence-corrected chi connectivity index (χ3v) is 6.83. The zero-order chi connectivity index (χ0) is 16.3. The predicted molar refractivity (Wildman–Crippen MR) is 90.8 cm³/mol. The third-order valence-electron chi connectivity index (χ3n) is 3.68. The van der Waals surface area contributed by atoms with Gasteiger partial charge in [0, 0.05) is 44.3 Å². The minimum atomic E-state index is -2.50. The van der Waals surface area contributed by atoms with Gasteiger partial charge < -0.3 is 17.8 Å². The van der Waals surface area contributed by atoms with Gasteiger partial charge in [-0.15, -0.1) is 0 Å². The number of rotatable bonds is 13. The molecule has 1 rings (SSSR count). The summed E-state index contributed by atoms with van der Waals surface area (Å²) in [7, 11) is -2.50. The molecule has 128 valence electrons.